The molecule has 0 spiro atoms. The first-order chi connectivity index (χ1) is 13.0. The number of aryl methyl sites for hydroxylation is 1. The first-order valence-corrected chi connectivity index (χ1v) is 8.88. The summed E-state index contributed by atoms with van der Waals surface area (Å²) in [4.78, 5) is 26.1. The molecule has 9 heteroatoms. The van der Waals surface area contributed by atoms with E-state index in [-0.39, 0.29) is 18.5 Å². The van der Waals surface area contributed by atoms with Gasteiger partial charge in [-0.2, -0.15) is 9.37 Å². The number of pyridine rings is 1. The molecule has 3 heterocycles. The summed E-state index contributed by atoms with van der Waals surface area (Å²) in [6.45, 7) is 2.72. The van der Waals surface area contributed by atoms with Crippen molar-refractivity contribution in [3.8, 4) is 5.75 Å². The van der Waals surface area contributed by atoms with E-state index in [0.29, 0.717) is 29.9 Å². The number of halogens is 1. The van der Waals surface area contributed by atoms with Crippen LogP contribution in [-0.4, -0.2) is 47.1 Å². The van der Waals surface area contributed by atoms with Gasteiger partial charge in [0.1, 0.15) is 11.4 Å². The maximum Gasteiger partial charge on any atom is 0.244 e. The van der Waals surface area contributed by atoms with E-state index in [0.717, 1.165) is 24.4 Å². The molecule has 0 atom stereocenters. The van der Waals surface area contributed by atoms with Crippen molar-refractivity contribution < 1.29 is 13.9 Å². The molecular formula is C18H21FN6O2. The number of likely N-dealkylation sites (N-methyl/N-ethyl adjacent to an activating group) is 1. The molecule has 2 aromatic heterocycles. The minimum absolute atomic E-state index is 0.0596. The Balaban J connectivity index is 1.31. The van der Waals surface area contributed by atoms with Crippen molar-refractivity contribution in [1.29, 1.82) is 0 Å². The zero-order valence-corrected chi connectivity index (χ0v) is 15.2. The number of carbonyl (C=O) groups excluding carboxylic acids is 1. The van der Waals surface area contributed by atoms with Gasteiger partial charge in [-0.05, 0) is 37.8 Å². The zero-order valence-electron chi connectivity index (χ0n) is 15.2. The Morgan fingerprint density at radius 1 is 1.37 bits per heavy atom. The van der Waals surface area contributed by atoms with Crippen molar-refractivity contribution in [3.63, 3.8) is 0 Å². The highest BCUT2D eigenvalue weighted by molar-refractivity contribution is 6.00. The molecule has 0 aromatic carbocycles. The fraction of sp³-hybridized carbons (Fsp3) is 0.444. The molecule has 4 rings (SSSR count). The number of anilines is 3. The highest BCUT2D eigenvalue weighted by atomic mass is 19.1. The Bertz CT molecular complexity index is 854. The maximum absolute atomic E-state index is 12.8. The van der Waals surface area contributed by atoms with Crippen molar-refractivity contribution in [2.24, 2.45) is 5.92 Å². The summed E-state index contributed by atoms with van der Waals surface area (Å²) in [7, 11) is 1.84. The van der Waals surface area contributed by atoms with Crippen LogP contribution in [0.5, 0.6) is 5.75 Å². The van der Waals surface area contributed by atoms with Gasteiger partial charge in [-0.3, -0.25) is 4.79 Å². The van der Waals surface area contributed by atoms with Crippen molar-refractivity contribution in [3.05, 3.63) is 30.0 Å². The van der Waals surface area contributed by atoms with Gasteiger partial charge in [0, 0.05) is 13.1 Å². The molecule has 1 fully saturated rings. The first-order valence-electron chi connectivity index (χ1n) is 8.88. The van der Waals surface area contributed by atoms with Crippen LogP contribution in [0, 0.1) is 18.8 Å². The van der Waals surface area contributed by atoms with Crippen LogP contribution >= 0.6 is 0 Å². The van der Waals surface area contributed by atoms with Crippen molar-refractivity contribution >= 4 is 23.4 Å². The molecule has 0 saturated heterocycles. The fourth-order valence-corrected chi connectivity index (χ4v) is 3.35. The maximum atomic E-state index is 12.8. The molecule has 2 aliphatic rings. The van der Waals surface area contributed by atoms with E-state index in [1.807, 2.05) is 18.9 Å². The quantitative estimate of drug-likeness (QED) is 0.775. The van der Waals surface area contributed by atoms with E-state index in [1.165, 1.54) is 12.3 Å². The Morgan fingerprint density at radius 3 is 2.93 bits per heavy atom. The van der Waals surface area contributed by atoms with E-state index in [9.17, 15) is 9.18 Å². The first kappa shape index (κ1) is 17.4. The van der Waals surface area contributed by atoms with Crippen molar-refractivity contribution in [1.82, 2.24) is 15.0 Å². The second-order valence-electron chi connectivity index (χ2n) is 7.04. The van der Waals surface area contributed by atoms with Gasteiger partial charge in [-0.1, -0.05) is 0 Å². The van der Waals surface area contributed by atoms with Gasteiger partial charge in [0.15, 0.2) is 5.82 Å². The van der Waals surface area contributed by atoms with Crippen LogP contribution in [0.2, 0.25) is 0 Å². The third-order valence-corrected chi connectivity index (χ3v) is 4.83. The van der Waals surface area contributed by atoms with E-state index in [4.69, 9.17) is 4.74 Å². The number of rotatable bonds is 5. The third-order valence-electron chi connectivity index (χ3n) is 4.83. The van der Waals surface area contributed by atoms with Crippen LogP contribution in [0.15, 0.2) is 18.3 Å². The Morgan fingerprint density at radius 2 is 2.19 bits per heavy atom. The summed E-state index contributed by atoms with van der Waals surface area (Å²) in [6.07, 6.45) is 3.28. The molecule has 8 nitrogen and oxygen atoms in total. The number of nitrogens with zero attached hydrogens (tertiary/aromatic N) is 4. The topological polar surface area (TPSA) is 92.3 Å². The molecule has 2 N–H and O–H groups in total. The van der Waals surface area contributed by atoms with Gasteiger partial charge >= 0.3 is 0 Å². The number of nitrogens with one attached hydrogen (secondary N) is 2. The number of hydrogen-bond donors (Lipinski definition) is 2. The van der Waals surface area contributed by atoms with Gasteiger partial charge in [0.25, 0.3) is 0 Å². The largest absolute Gasteiger partial charge is 0.492 e. The Kier molecular flexibility index (Phi) is 4.51. The second kappa shape index (κ2) is 6.98. The van der Waals surface area contributed by atoms with Crippen LogP contribution in [0.1, 0.15) is 18.5 Å². The van der Waals surface area contributed by atoms with Crippen LogP contribution in [0.25, 0.3) is 0 Å². The lowest BCUT2D eigenvalue weighted by molar-refractivity contribution is -0.115. The van der Waals surface area contributed by atoms with Gasteiger partial charge < -0.3 is 20.3 Å². The van der Waals surface area contributed by atoms with Crippen LogP contribution in [0.4, 0.5) is 21.8 Å². The van der Waals surface area contributed by atoms with Crippen LogP contribution < -0.4 is 20.3 Å². The number of amides is 1. The summed E-state index contributed by atoms with van der Waals surface area (Å²) >= 11 is 0. The summed E-state index contributed by atoms with van der Waals surface area (Å²) in [6, 6.07) is 3.15. The van der Waals surface area contributed by atoms with Crippen LogP contribution in [0.3, 0.4) is 0 Å². The number of ether oxygens (including phenoxy) is 1. The van der Waals surface area contributed by atoms with E-state index >= 15 is 0 Å². The molecular weight excluding hydrogens is 351 g/mol. The molecule has 1 saturated carbocycles. The van der Waals surface area contributed by atoms with Gasteiger partial charge in [-0.15, -0.1) is 0 Å². The third kappa shape index (κ3) is 3.76. The monoisotopic (exact) mass is 372 g/mol. The second-order valence-corrected chi connectivity index (χ2v) is 7.04. The zero-order chi connectivity index (χ0) is 19.0. The predicted octanol–water partition coefficient (Wildman–Crippen LogP) is 1.98. The Labute approximate surface area is 156 Å². The molecule has 0 unspecified atom stereocenters. The van der Waals surface area contributed by atoms with Gasteiger partial charge in [0.2, 0.25) is 17.8 Å². The summed E-state index contributed by atoms with van der Waals surface area (Å²) in [5, 5.41) is 6.19. The van der Waals surface area contributed by atoms with E-state index in [2.05, 4.69) is 25.6 Å². The lowest BCUT2D eigenvalue weighted by atomic mass is 9.81. The standard InChI is InChI=1S/C18H21FN6O2/c1-10-16-17(25(2)8-15(26)23-16)24-18(21-10)22-12-5-11(6-12)9-27-13-3-4-14(19)20-7-13/h3-4,7,11-12H,5-6,8-9H2,1-2H3,(H,23,26)(H,21,22,24). The van der Waals surface area contributed by atoms with Gasteiger partial charge in [0.05, 0.1) is 25.0 Å². The number of aromatic nitrogens is 3. The van der Waals surface area contributed by atoms with Crippen molar-refractivity contribution in [2.75, 3.05) is 35.7 Å². The summed E-state index contributed by atoms with van der Waals surface area (Å²) < 4.78 is 18.4. The predicted molar refractivity (Wildman–Crippen MR) is 98.5 cm³/mol. The average Bonchev–Trinajstić information content (AvgIpc) is 2.59. The number of fused-ring (bicyclic) bond motifs is 1. The molecule has 27 heavy (non-hydrogen) atoms. The molecule has 0 radical (unpaired) electrons. The molecule has 2 aromatic rings. The molecule has 1 aliphatic carbocycles. The lowest BCUT2D eigenvalue weighted by Gasteiger charge is -2.36. The SMILES string of the molecule is Cc1nc(NC2CC(COc3ccc(F)nc3)C2)nc2c1NC(=O)CN2C. The molecule has 0 bridgehead atoms. The molecule has 142 valence electrons. The van der Waals surface area contributed by atoms with Gasteiger partial charge in [-0.25, -0.2) is 9.97 Å². The number of carbonyl (C=O) groups is 1. The highest BCUT2D eigenvalue weighted by Crippen LogP contribution is 2.33. The number of hydrogen-bond acceptors (Lipinski definition) is 7. The molecule has 1 aliphatic heterocycles. The fourth-order valence-electron chi connectivity index (χ4n) is 3.35. The normalized spacial score (nSPS) is 21.1. The smallest absolute Gasteiger partial charge is 0.244 e. The minimum Gasteiger partial charge on any atom is -0.492 e. The molecule has 1 amide bonds. The average molecular weight is 372 g/mol. The van der Waals surface area contributed by atoms with E-state index in [1.54, 1.807) is 6.07 Å². The highest BCUT2D eigenvalue weighted by Gasteiger charge is 2.31. The Hall–Kier alpha value is -2.97. The summed E-state index contributed by atoms with van der Waals surface area (Å²) in [5.74, 6) is 1.73. The van der Waals surface area contributed by atoms with Crippen molar-refractivity contribution in [2.45, 2.75) is 25.8 Å². The van der Waals surface area contributed by atoms with E-state index < -0.39 is 5.95 Å². The lowest BCUT2D eigenvalue weighted by Crippen LogP contribution is -2.40. The van der Waals surface area contributed by atoms with Crippen LogP contribution in [-0.2, 0) is 4.79 Å². The summed E-state index contributed by atoms with van der Waals surface area (Å²) in [5.41, 5.74) is 1.41. The minimum atomic E-state index is -0.513.